The number of hydrogen-bond donors (Lipinski definition) is 2. The van der Waals surface area contributed by atoms with Crippen LogP contribution in [-0.2, 0) is 16.1 Å². The molecule has 2 aromatic carbocycles. The molecule has 6 nitrogen and oxygen atoms in total. The van der Waals surface area contributed by atoms with E-state index in [1.807, 2.05) is 43.3 Å². The molecule has 1 fully saturated rings. The summed E-state index contributed by atoms with van der Waals surface area (Å²) in [5.74, 6) is -1.16. The van der Waals surface area contributed by atoms with Crippen LogP contribution in [0.5, 0.6) is 0 Å². The van der Waals surface area contributed by atoms with Crippen molar-refractivity contribution in [2.45, 2.75) is 19.9 Å². The summed E-state index contributed by atoms with van der Waals surface area (Å²) in [6, 6.07) is 15.8. The second-order valence-corrected chi connectivity index (χ2v) is 8.02. The maximum Gasteiger partial charge on any atom is 0.309 e. The highest BCUT2D eigenvalue weighted by Crippen LogP contribution is 2.19. The second kappa shape index (κ2) is 11.0. The summed E-state index contributed by atoms with van der Waals surface area (Å²) in [6.45, 7) is 7.65. The van der Waals surface area contributed by atoms with Gasteiger partial charge in [0.25, 0.3) is 0 Å². The van der Waals surface area contributed by atoms with Gasteiger partial charge in [0.05, 0.1) is 0 Å². The number of carbonyl (C=O) groups is 2. The van der Waals surface area contributed by atoms with Gasteiger partial charge in [-0.05, 0) is 49.7 Å². The molecule has 1 saturated heterocycles. The van der Waals surface area contributed by atoms with E-state index in [-0.39, 0.29) is 0 Å². The monoisotopic (exact) mass is 428 g/mol. The minimum atomic E-state index is -0.591. The van der Waals surface area contributed by atoms with E-state index < -0.39 is 11.8 Å². The molecular weight excluding hydrogens is 400 g/mol. The highest BCUT2D eigenvalue weighted by atomic mass is 35.5. The molecule has 160 valence electrons. The summed E-state index contributed by atoms with van der Waals surface area (Å²) in [5.41, 5.74) is 3.33. The lowest BCUT2D eigenvalue weighted by atomic mass is 10.1. The number of piperazine rings is 1. The molecule has 3 rings (SSSR count). The number of nitrogens with one attached hydrogen (secondary N) is 2. The Morgan fingerprint density at radius 2 is 1.53 bits per heavy atom. The first-order chi connectivity index (χ1) is 14.5. The lowest BCUT2D eigenvalue weighted by Crippen LogP contribution is -2.47. The van der Waals surface area contributed by atoms with Gasteiger partial charge in [0.1, 0.15) is 0 Å². The van der Waals surface area contributed by atoms with Crippen molar-refractivity contribution in [3.05, 3.63) is 64.7 Å². The third-order valence-corrected chi connectivity index (χ3v) is 5.53. The minimum absolute atomic E-state index is 0.352. The van der Waals surface area contributed by atoms with Crippen LogP contribution in [0.1, 0.15) is 17.5 Å². The van der Waals surface area contributed by atoms with Crippen LogP contribution in [0.25, 0.3) is 0 Å². The molecule has 0 aliphatic carbocycles. The van der Waals surface area contributed by atoms with Crippen LogP contribution in [0.3, 0.4) is 0 Å². The van der Waals surface area contributed by atoms with Crippen LogP contribution >= 0.6 is 11.6 Å². The molecule has 0 saturated carbocycles. The van der Waals surface area contributed by atoms with E-state index in [1.165, 1.54) is 5.69 Å². The zero-order valence-corrected chi connectivity index (χ0v) is 18.1. The first-order valence-electron chi connectivity index (χ1n) is 10.4. The van der Waals surface area contributed by atoms with Crippen LogP contribution in [0.4, 0.5) is 5.69 Å². The number of aryl methyl sites for hydroxylation is 1. The van der Waals surface area contributed by atoms with Crippen LogP contribution in [0.15, 0.2) is 48.5 Å². The molecule has 2 amide bonds. The fourth-order valence-electron chi connectivity index (χ4n) is 3.43. The average molecular weight is 429 g/mol. The number of hydrogen-bond acceptors (Lipinski definition) is 4. The SMILES string of the molecule is Cc1ccc(CNC(=O)C(=O)NCCCN2CCN(c3ccc(Cl)cc3)CC2)cc1. The highest BCUT2D eigenvalue weighted by molar-refractivity contribution is 6.35. The van der Waals surface area contributed by atoms with Gasteiger partial charge in [0.15, 0.2) is 0 Å². The number of anilines is 1. The van der Waals surface area contributed by atoms with Crippen molar-refractivity contribution in [2.75, 3.05) is 44.2 Å². The maximum atomic E-state index is 11.9. The van der Waals surface area contributed by atoms with Crippen molar-refractivity contribution in [3.8, 4) is 0 Å². The topological polar surface area (TPSA) is 64.7 Å². The van der Waals surface area contributed by atoms with Gasteiger partial charge in [-0.15, -0.1) is 0 Å². The van der Waals surface area contributed by atoms with E-state index in [9.17, 15) is 9.59 Å². The smallest absolute Gasteiger partial charge is 0.309 e. The number of rotatable bonds is 7. The van der Waals surface area contributed by atoms with Crippen molar-refractivity contribution < 1.29 is 9.59 Å². The summed E-state index contributed by atoms with van der Waals surface area (Å²) in [6.07, 6.45) is 0.817. The molecule has 2 N–H and O–H groups in total. The fourth-order valence-corrected chi connectivity index (χ4v) is 3.56. The molecular formula is C23H29ClN4O2. The van der Waals surface area contributed by atoms with E-state index in [2.05, 4.69) is 32.6 Å². The van der Waals surface area contributed by atoms with Gasteiger partial charge < -0.3 is 15.5 Å². The number of amides is 2. The van der Waals surface area contributed by atoms with Crippen molar-refractivity contribution >= 4 is 29.1 Å². The van der Waals surface area contributed by atoms with Gasteiger partial charge in [-0.25, -0.2) is 0 Å². The Labute approximate surface area is 183 Å². The van der Waals surface area contributed by atoms with Gasteiger partial charge in [0, 0.05) is 50.0 Å². The first-order valence-corrected chi connectivity index (χ1v) is 10.7. The third-order valence-electron chi connectivity index (χ3n) is 5.28. The minimum Gasteiger partial charge on any atom is -0.369 e. The molecule has 0 spiro atoms. The van der Waals surface area contributed by atoms with Crippen molar-refractivity contribution in [3.63, 3.8) is 0 Å². The van der Waals surface area contributed by atoms with E-state index in [4.69, 9.17) is 11.6 Å². The van der Waals surface area contributed by atoms with Crippen LogP contribution in [-0.4, -0.2) is 56.0 Å². The van der Waals surface area contributed by atoms with Gasteiger partial charge >= 0.3 is 11.8 Å². The Bertz CT molecular complexity index is 831. The van der Waals surface area contributed by atoms with Gasteiger partial charge in [-0.2, -0.15) is 0 Å². The second-order valence-electron chi connectivity index (χ2n) is 7.58. The van der Waals surface area contributed by atoms with Gasteiger partial charge in [-0.1, -0.05) is 41.4 Å². The number of nitrogens with zero attached hydrogens (tertiary/aromatic N) is 2. The molecule has 1 aliphatic rings. The number of halogens is 1. The Balaban J connectivity index is 1.28. The Morgan fingerprint density at radius 1 is 0.900 bits per heavy atom. The molecule has 7 heteroatoms. The predicted molar refractivity (Wildman–Crippen MR) is 121 cm³/mol. The Morgan fingerprint density at radius 3 is 2.20 bits per heavy atom. The van der Waals surface area contributed by atoms with Gasteiger partial charge in [0.2, 0.25) is 0 Å². The highest BCUT2D eigenvalue weighted by Gasteiger charge is 2.17. The van der Waals surface area contributed by atoms with Crippen molar-refractivity contribution in [2.24, 2.45) is 0 Å². The Kier molecular flexibility index (Phi) is 8.11. The maximum absolute atomic E-state index is 11.9. The van der Waals surface area contributed by atoms with Crippen molar-refractivity contribution in [1.82, 2.24) is 15.5 Å². The molecule has 1 heterocycles. The summed E-state index contributed by atoms with van der Waals surface area (Å²) < 4.78 is 0. The van der Waals surface area contributed by atoms with E-state index in [1.54, 1.807) is 0 Å². The zero-order valence-electron chi connectivity index (χ0n) is 17.4. The molecule has 0 unspecified atom stereocenters. The average Bonchev–Trinajstić information content (AvgIpc) is 2.77. The van der Waals surface area contributed by atoms with E-state index >= 15 is 0 Å². The number of carbonyl (C=O) groups excluding carboxylic acids is 2. The lowest BCUT2D eigenvalue weighted by Gasteiger charge is -2.36. The number of benzene rings is 2. The summed E-state index contributed by atoms with van der Waals surface area (Å²) >= 11 is 5.96. The third kappa shape index (κ3) is 6.75. The summed E-state index contributed by atoms with van der Waals surface area (Å²) in [4.78, 5) is 28.6. The molecule has 0 atom stereocenters. The summed E-state index contributed by atoms with van der Waals surface area (Å²) in [5, 5.41) is 6.12. The van der Waals surface area contributed by atoms with Crippen LogP contribution in [0.2, 0.25) is 5.02 Å². The Hall–Kier alpha value is -2.57. The largest absolute Gasteiger partial charge is 0.369 e. The molecule has 30 heavy (non-hydrogen) atoms. The van der Waals surface area contributed by atoms with Crippen LogP contribution in [0, 0.1) is 6.92 Å². The molecule has 0 bridgehead atoms. The molecule has 1 aliphatic heterocycles. The van der Waals surface area contributed by atoms with E-state index in [0.717, 1.165) is 55.3 Å². The fraction of sp³-hybridized carbons (Fsp3) is 0.391. The van der Waals surface area contributed by atoms with Crippen molar-refractivity contribution in [1.29, 1.82) is 0 Å². The molecule has 0 aromatic heterocycles. The predicted octanol–water partition coefficient (Wildman–Crippen LogP) is 2.59. The van der Waals surface area contributed by atoms with E-state index in [0.29, 0.717) is 13.1 Å². The molecule has 2 aromatic rings. The van der Waals surface area contributed by atoms with Gasteiger partial charge in [-0.3, -0.25) is 14.5 Å². The normalized spacial score (nSPS) is 14.4. The first kappa shape index (κ1) is 22.1. The van der Waals surface area contributed by atoms with Crippen LogP contribution < -0.4 is 15.5 Å². The zero-order chi connectivity index (χ0) is 21.3. The molecule has 0 radical (unpaired) electrons. The summed E-state index contributed by atoms with van der Waals surface area (Å²) in [7, 11) is 0. The standard InChI is InChI=1S/C23H29ClN4O2/c1-18-3-5-19(6-4-18)17-26-23(30)22(29)25-11-2-12-27-13-15-28(16-14-27)21-9-7-20(24)8-10-21/h3-10H,2,11-17H2,1H3,(H,25,29)(H,26,30). The lowest BCUT2D eigenvalue weighted by molar-refractivity contribution is -0.139. The quantitative estimate of drug-likeness (QED) is 0.525.